The summed E-state index contributed by atoms with van der Waals surface area (Å²) in [5, 5.41) is 8.83. The predicted molar refractivity (Wildman–Crippen MR) is 176 cm³/mol. The van der Waals surface area contributed by atoms with Crippen molar-refractivity contribution in [2.45, 2.75) is 118 Å². The maximum atomic E-state index is 10.7. The van der Waals surface area contributed by atoms with Crippen LogP contribution in [0.2, 0.25) is 0 Å². The van der Waals surface area contributed by atoms with E-state index >= 15 is 0 Å². The second-order valence-electron chi connectivity index (χ2n) is 12.9. The first-order valence-electron chi connectivity index (χ1n) is 16.9. The molecule has 2 aromatic rings. The van der Waals surface area contributed by atoms with Crippen LogP contribution in [0.4, 0.5) is 0 Å². The monoisotopic (exact) mass is 563 g/mol. The molecule has 2 atom stereocenters. The van der Waals surface area contributed by atoms with Gasteiger partial charge >= 0.3 is 5.97 Å². The molecule has 3 nitrogen and oxygen atoms in total. The lowest BCUT2D eigenvalue weighted by atomic mass is 9.90. The van der Waals surface area contributed by atoms with Gasteiger partial charge in [0.15, 0.2) is 0 Å². The second kappa shape index (κ2) is 21.6. The van der Waals surface area contributed by atoms with Crippen LogP contribution in [-0.4, -0.2) is 35.6 Å². The second-order valence-corrected chi connectivity index (χ2v) is 12.9. The van der Waals surface area contributed by atoms with Crippen molar-refractivity contribution in [3.05, 3.63) is 71.8 Å². The van der Waals surface area contributed by atoms with E-state index in [0.29, 0.717) is 0 Å². The van der Waals surface area contributed by atoms with Crippen molar-refractivity contribution < 1.29 is 9.90 Å². The zero-order valence-electron chi connectivity index (χ0n) is 26.9. The fourth-order valence-electron chi connectivity index (χ4n) is 6.34. The average Bonchev–Trinajstić information content (AvgIpc) is 3.40. The fourth-order valence-corrected chi connectivity index (χ4v) is 6.34. The van der Waals surface area contributed by atoms with Gasteiger partial charge in [0, 0.05) is 6.54 Å². The molecule has 0 spiro atoms. The van der Waals surface area contributed by atoms with Crippen molar-refractivity contribution in [2.75, 3.05) is 19.6 Å². The number of aryl methyl sites for hydroxylation is 2. The minimum absolute atomic E-state index is 0.0927. The molecule has 4 rings (SSSR count). The number of rotatable bonds is 13. The van der Waals surface area contributed by atoms with Crippen LogP contribution in [-0.2, 0) is 11.2 Å². The Labute approximate surface area is 253 Å². The minimum Gasteiger partial charge on any atom is -0.481 e. The number of hydrogen-bond donors (Lipinski definition) is 1. The lowest BCUT2D eigenvalue weighted by molar-refractivity contribution is -0.142. The molecule has 1 saturated heterocycles. The maximum Gasteiger partial charge on any atom is 0.306 e. The first-order valence-corrected chi connectivity index (χ1v) is 16.9. The number of benzene rings is 2. The quantitative estimate of drug-likeness (QED) is 0.263. The van der Waals surface area contributed by atoms with Crippen LogP contribution in [0.5, 0.6) is 0 Å². The summed E-state index contributed by atoms with van der Waals surface area (Å²) in [6.07, 6.45) is 17.4. The van der Waals surface area contributed by atoms with Gasteiger partial charge in [0.1, 0.15) is 0 Å². The lowest BCUT2D eigenvalue weighted by Gasteiger charge is -2.33. The van der Waals surface area contributed by atoms with E-state index in [1.54, 1.807) is 0 Å². The number of aliphatic carboxylic acids is 1. The fraction of sp³-hybridized carbons (Fsp3) is 0.658. The van der Waals surface area contributed by atoms with E-state index < -0.39 is 5.97 Å². The number of hydrogen-bond acceptors (Lipinski definition) is 2. The van der Waals surface area contributed by atoms with Crippen molar-refractivity contribution >= 4 is 5.97 Å². The topological polar surface area (TPSA) is 40.5 Å². The molecular formula is C38H61NO2. The molecule has 1 N–H and O–H groups in total. The summed E-state index contributed by atoms with van der Waals surface area (Å²) >= 11 is 0. The molecule has 0 bridgehead atoms. The average molecular weight is 564 g/mol. The highest BCUT2D eigenvalue weighted by atomic mass is 16.4. The molecular weight excluding hydrogens is 502 g/mol. The van der Waals surface area contributed by atoms with Gasteiger partial charge in [0.25, 0.3) is 0 Å². The number of nitrogens with zero attached hydrogens (tertiary/aromatic N) is 1. The van der Waals surface area contributed by atoms with Crippen molar-refractivity contribution in [3.8, 4) is 0 Å². The van der Waals surface area contributed by atoms with Gasteiger partial charge in [-0.1, -0.05) is 126 Å². The third-order valence-electron chi connectivity index (χ3n) is 9.05. The van der Waals surface area contributed by atoms with Gasteiger partial charge in [-0.15, -0.1) is 0 Å². The molecule has 0 aromatic heterocycles. The minimum atomic E-state index is -0.614. The Morgan fingerprint density at radius 1 is 0.829 bits per heavy atom. The van der Waals surface area contributed by atoms with Crippen molar-refractivity contribution in [3.63, 3.8) is 0 Å². The Kier molecular flexibility index (Phi) is 18.4. The summed E-state index contributed by atoms with van der Waals surface area (Å²) in [6.45, 7) is 12.9. The summed E-state index contributed by atoms with van der Waals surface area (Å²) in [4.78, 5) is 13.5. The molecule has 2 aromatic carbocycles. The summed E-state index contributed by atoms with van der Waals surface area (Å²) < 4.78 is 0. The first kappa shape index (κ1) is 35.1. The predicted octanol–water partition coefficient (Wildman–Crippen LogP) is 10.2. The van der Waals surface area contributed by atoms with Crippen molar-refractivity contribution in [2.24, 2.45) is 23.7 Å². The molecule has 1 heterocycles. The normalized spacial score (nSPS) is 19.2. The van der Waals surface area contributed by atoms with Crippen LogP contribution < -0.4 is 0 Å². The van der Waals surface area contributed by atoms with Crippen LogP contribution in [0.25, 0.3) is 0 Å². The molecule has 1 aliphatic heterocycles. The molecule has 1 saturated carbocycles. The van der Waals surface area contributed by atoms with E-state index in [4.69, 9.17) is 5.11 Å². The van der Waals surface area contributed by atoms with Crippen LogP contribution >= 0.6 is 0 Å². The largest absolute Gasteiger partial charge is 0.481 e. The van der Waals surface area contributed by atoms with E-state index in [9.17, 15) is 4.79 Å². The molecule has 0 amide bonds. The SMILES string of the molecule is CCCCC(CCCC)C(=O)O.Cc1ccc(CCCC2CCN(C[C@@H]3CCC(C)C3)CC2)cc1.c1ccccc1. The summed E-state index contributed by atoms with van der Waals surface area (Å²) in [7, 11) is 0. The Morgan fingerprint density at radius 3 is 1.85 bits per heavy atom. The molecule has 2 aliphatic rings. The summed E-state index contributed by atoms with van der Waals surface area (Å²) in [5.41, 5.74) is 2.89. The molecule has 0 radical (unpaired) electrons. The number of carbonyl (C=O) groups is 1. The van der Waals surface area contributed by atoms with Crippen LogP contribution in [0.3, 0.4) is 0 Å². The summed E-state index contributed by atoms with van der Waals surface area (Å²) in [5.74, 6) is 2.27. The maximum absolute atomic E-state index is 10.7. The number of piperidine rings is 1. The Bertz CT molecular complexity index is 854. The number of carboxylic acids is 1. The third kappa shape index (κ3) is 16.2. The highest BCUT2D eigenvalue weighted by Crippen LogP contribution is 2.32. The number of likely N-dealkylation sites (tertiary alicyclic amines) is 1. The van der Waals surface area contributed by atoms with E-state index in [0.717, 1.165) is 56.3 Å². The van der Waals surface area contributed by atoms with E-state index in [2.05, 4.69) is 56.9 Å². The van der Waals surface area contributed by atoms with Crippen LogP contribution in [0, 0.1) is 30.6 Å². The highest BCUT2D eigenvalue weighted by molar-refractivity contribution is 5.69. The zero-order valence-corrected chi connectivity index (χ0v) is 26.9. The number of carboxylic acid groups (broad SMARTS) is 1. The van der Waals surface area contributed by atoms with Gasteiger partial charge in [-0.2, -0.15) is 0 Å². The van der Waals surface area contributed by atoms with Gasteiger partial charge in [-0.3, -0.25) is 4.79 Å². The van der Waals surface area contributed by atoms with Crippen molar-refractivity contribution in [1.29, 1.82) is 0 Å². The molecule has 230 valence electrons. The van der Waals surface area contributed by atoms with E-state index in [1.807, 2.05) is 36.4 Å². The van der Waals surface area contributed by atoms with Crippen LogP contribution in [0.15, 0.2) is 60.7 Å². The smallest absolute Gasteiger partial charge is 0.306 e. The Balaban J connectivity index is 0.000000272. The molecule has 1 aliphatic carbocycles. The number of unbranched alkanes of at least 4 members (excludes halogenated alkanes) is 2. The summed E-state index contributed by atoms with van der Waals surface area (Å²) in [6, 6.07) is 21.1. The molecule has 3 heteroatoms. The highest BCUT2D eigenvalue weighted by Gasteiger charge is 2.26. The van der Waals surface area contributed by atoms with Gasteiger partial charge in [0.2, 0.25) is 0 Å². The zero-order chi connectivity index (χ0) is 29.7. The van der Waals surface area contributed by atoms with E-state index in [-0.39, 0.29) is 5.92 Å². The van der Waals surface area contributed by atoms with Gasteiger partial charge in [0.05, 0.1) is 5.92 Å². The molecule has 41 heavy (non-hydrogen) atoms. The first-order chi connectivity index (χ1) is 19.9. The Morgan fingerprint density at radius 2 is 1.39 bits per heavy atom. The molecule has 1 unspecified atom stereocenters. The van der Waals surface area contributed by atoms with E-state index in [1.165, 1.54) is 82.1 Å². The lowest BCUT2D eigenvalue weighted by Crippen LogP contribution is -2.36. The van der Waals surface area contributed by atoms with Gasteiger partial charge in [-0.25, -0.2) is 0 Å². The third-order valence-corrected chi connectivity index (χ3v) is 9.05. The molecule has 2 fully saturated rings. The standard InChI is InChI=1S/C22H35N.C10H20O2.C6H6/c1-18-6-9-20(10-7-18)4-3-5-21-12-14-23(15-13-21)17-22-11-8-19(2)16-22;1-3-5-7-9(10(11)12)8-6-4-2;1-2-4-6-5-3-1/h6-7,9-10,19,21-22H,3-5,8,11-17H2,1-2H3;9H,3-8H2,1-2H3,(H,11,12);1-6H/t19?,22-;;/m1../s1. The van der Waals surface area contributed by atoms with Gasteiger partial charge in [-0.05, 0) is 94.7 Å². The Hall–Kier alpha value is -2.13. The van der Waals surface area contributed by atoms with Gasteiger partial charge < -0.3 is 10.0 Å². The van der Waals surface area contributed by atoms with Crippen LogP contribution in [0.1, 0.15) is 115 Å². The van der Waals surface area contributed by atoms with Crippen molar-refractivity contribution in [1.82, 2.24) is 4.90 Å².